The first kappa shape index (κ1) is 14.4. The van der Waals surface area contributed by atoms with Crippen molar-refractivity contribution in [2.75, 3.05) is 27.2 Å². The van der Waals surface area contributed by atoms with Gasteiger partial charge in [-0.05, 0) is 45.1 Å². The number of rotatable bonds is 4. The van der Waals surface area contributed by atoms with Crippen molar-refractivity contribution in [3.63, 3.8) is 0 Å². The van der Waals surface area contributed by atoms with Gasteiger partial charge in [0, 0.05) is 31.2 Å². The Morgan fingerprint density at radius 1 is 1.42 bits per heavy atom. The number of nitrogens with zero attached hydrogens (tertiary/aromatic N) is 2. The monoisotopic (exact) mass is 265 g/mol. The van der Waals surface area contributed by atoms with Crippen LogP contribution >= 0.6 is 0 Å². The summed E-state index contributed by atoms with van der Waals surface area (Å²) in [5.41, 5.74) is 7.20. The highest BCUT2D eigenvalue weighted by Crippen LogP contribution is 2.30. The second-order valence-corrected chi connectivity index (χ2v) is 5.88. The fourth-order valence-electron chi connectivity index (χ4n) is 3.00. The lowest BCUT2D eigenvalue weighted by molar-refractivity contribution is 0.126. The van der Waals surface area contributed by atoms with Crippen molar-refractivity contribution in [1.29, 1.82) is 0 Å². The standard InChI is InChI=1S/C15H24FN3/c1-12-8-15(10-17,11-18(12)2)19(3)9-13-4-6-14(16)7-5-13/h4-7,12H,8-11,17H2,1-3H3. The summed E-state index contributed by atoms with van der Waals surface area (Å²) >= 11 is 0. The van der Waals surface area contributed by atoms with E-state index < -0.39 is 0 Å². The highest BCUT2D eigenvalue weighted by atomic mass is 19.1. The summed E-state index contributed by atoms with van der Waals surface area (Å²) in [5.74, 6) is -0.186. The average Bonchev–Trinajstić information content (AvgIpc) is 2.69. The molecule has 0 aliphatic carbocycles. The van der Waals surface area contributed by atoms with Crippen LogP contribution in [-0.2, 0) is 6.54 Å². The SMILES string of the molecule is CC1CC(CN)(N(C)Cc2ccc(F)cc2)CN1C. The minimum Gasteiger partial charge on any atom is -0.329 e. The van der Waals surface area contributed by atoms with Crippen LogP contribution in [0.15, 0.2) is 24.3 Å². The van der Waals surface area contributed by atoms with E-state index in [0.29, 0.717) is 12.6 Å². The van der Waals surface area contributed by atoms with Crippen LogP contribution in [0.25, 0.3) is 0 Å². The molecule has 0 bridgehead atoms. The van der Waals surface area contributed by atoms with Gasteiger partial charge in [-0.25, -0.2) is 4.39 Å². The third-order valence-corrected chi connectivity index (χ3v) is 4.49. The molecular weight excluding hydrogens is 241 g/mol. The first-order valence-corrected chi connectivity index (χ1v) is 6.83. The van der Waals surface area contributed by atoms with Crippen molar-refractivity contribution in [3.8, 4) is 0 Å². The van der Waals surface area contributed by atoms with Gasteiger partial charge in [0.25, 0.3) is 0 Å². The van der Waals surface area contributed by atoms with Crippen molar-refractivity contribution in [3.05, 3.63) is 35.6 Å². The van der Waals surface area contributed by atoms with Crippen LogP contribution in [-0.4, -0.2) is 48.6 Å². The molecule has 2 atom stereocenters. The van der Waals surface area contributed by atoms with E-state index in [1.54, 1.807) is 0 Å². The van der Waals surface area contributed by atoms with Crippen LogP contribution < -0.4 is 5.73 Å². The Morgan fingerprint density at radius 3 is 2.53 bits per heavy atom. The van der Waals surface area contributed by atoms with Crippen LogP contribution in [0.5, 0.6) is 0 Å². The zero-order valence-corrected chi connectivity index (χ0v) is 12.1. The first-order chi connectivity index (χ1) is 8.97. The van der Waals surface area contributed by atoms with Crippen LogP contribution in [0, 0.1) is 5.82 Å². The summed E-state index contributed by atoms with van der Waals surface area (Å²) in [5, 5.41) is 0. The van der Waals surface area contributed by atoms with E-state index in [2.05, 4.69) is 30.8 Å². The Hall–Kier alpha value is -0.970. The molecule has 19 heavy (non-hydrogen) atoms. The molecule has 2 N–H and O–H groups in total. The number of hydrogen-bond acceptors (Lipinski definition) is 3. The lowest BCUT2D eigenvalue weighted by Crippen LogP contribution is -2.53. The molecule has 1 saturated heterocycles. The molecule has 2 unspecified atom stereocenters. The zero-order chi connectivity index (χ0) is 14.0. The molecule has 1 heterocycles. The summed E-state index contributed by atoms with van der Waals surface area (Å²) < 4.78 is 12.9. The third kappa shape index (κ3) is 2.96. The third-order valence-electron chi connectivity index (χ3n) is 4.49. The molecule has 0 amide bonds. The maximum atomic E-state index is 12.9. The van der Waals surface area contributed by atoms with E-state index in [9.17, 15) is 4.39 Å². The fraction of sp³-hybridized carbons (Fsp3) is 0.600. The highest BCUT2D eigenvalue weighted by molar-refractivity contribution is 5.17. The predicted octanol–water partition coefficient (Wildman–Crippen LogP) is 1.68. The molecule has 1 fully saturated rings. The van der Waals surface area contributed by atoms with E-state index in [4.69, 9.17) is 5.73 Å². The zero-order valence-electron chi connectivity index (χ0n) is 12.1. The highest BCUT2D eigenvalue weighted by Gasteiger charge is 2.42. The molecule has 1 aromatic rings. The number of likely N-dealkylation sites (tertiary alicyclic amines) is 1. The number of benzene rings is 1. The van der Waals surface area contributed by atoms with E-state index in [-0.39, 0.29) is 11.4 Å². The minimum atomic E-state index is -0.186. The molecule has 2 rings (SSSR count). The summed E-state index contributed by atoms with van der Waals surface area (Å²) in [6.45, 7) is 4.68. The topological polar surface area (TPSA) is 32.5 Å². The summed E-state index contributed by atoms with van der Waals surface area (Å²) in [6.07, 6.45) is 1.08. The molecule has 1 aliphatic rings. The van der Waals surface area contributed by atoms with Crippen molar-refractivity contribution in [1.82, 2.24) is 9.80 Å². The maximum absolute atomic E-state index is 12.9. The van der Waals surface area contributed by atoms with Gasteiger partial charge in [0.05, 0.1) is 0 Å². The average molecular weight is 265 g/mol. The van der Waals surface area contributed by atoms with Gasteiger partial charge in [-0.2, -0.15) is 0 Å². The van der Waals surface area contributed by atoms with E-state index >= 15 is 0 Å². The van der Waals surface area contributed by atoms with E-state index in [1.807, 2.05) is 12.1 Å². The molecule has 0 aromatic heterocycles. The first-order valence-electron chi connectivity index (χ1n) is 6.83. The summed E-state index contributed by atoms with van der Waals surface area (Å²) in [4.78, 5) is 4.67. The Bertz CT molecular complexity index is 408. The fourth-order valence-corrected chi connectivity index (χ4v) is 3.00. The Morgan fingerprint density at radius 2 is 2.05 bits per heavy atom. The normalized spacial score (nSPS) is 28.2. The molecule has 4 heteroatoms. The van der Waals surface area contributed by atoms with Crippen LogP contribution in [0.4, 0.5) is 4.39 Å². The van der Waals surface area contributed by atoms with Gasteiger partial charge in [0.1, 0.15) is 5.82 Å². The number of halogens is 1. The van der Waals surface area contributed by atoms with Gasteiger partial charge < -0.3 is 10.6 Å². The maximum Gasteiger partial charge on any atom is 0.123 e. The summed E-state index contributed by atoms with van der Waals surface area (Å²) in [6, 6.07) is 7.28. The molecular formula is C15H24FN3. The quantitative estimate of drug-likeness (QED) is 0.899. The molecule has 0 radical (unpaired) electrons. The number of nitrogens with two attached hydrogens (primary N) is 1. The lowest BCUT2D eigenvalue weighted by Gasteiger charge is -2.38. The van der Waals surface area contributed by atoms with Gasteiger partial charge in [-0.15, -0.1) is 0 Å². The molecule has 0 spiro atoms. The molecule has 0 saturated carbocycles. The molecule has 1 aliphatic heterocycles. The summed E-state index contributed by atoms with van der Waals surface area (Å²) in [7, 11) is 4.26. The lowest BCUT2D eigenvalue weighted by atomic mass is 9.94. The number of hydrogen-bond donors (Lipinski definition) is 1. The largest absolute Gasteiger partial charge is 0.329 e. The minimum absolute atomic E-state index is 0.0303. The van der Waals surface area contributed by atoms with Gasteiger partial charge in [-0.3, -0.25) is 4.90 Å². The molecule has 106 valence electrons. The number of likely N-dealkylation sites (N-methyl/N-ethyl adjacent to an activating group) is 2. The second kappa shape index (κ2) is 5.57. The molecule has 3 nitrogen and oxygen atoms in total. The van der Waals surface area contributed by atoms with Gasteiger partial charge in [0.15, 0.2) is 0 Å². The van der Waals surface area contributed by atoms with Gasteiger partial charge >= 0.3 is 0 Å². The van der Waals surface area contributed by atoms with Gasteiger partial charge in [-0.1, -0.05) is 12.1 Å². The Balaban J connectivity index is 2.09. The van der Waals surface area contributed by atoms with Gasteiger partial charge in [0.2, 0.25) is 0 Å². The van der Waals surface area contributed by atoms with Crippen LogP contribution in [0.3, 0.4) is 0 Å². The van der Waals surface area contributed by atoms with Crippen LogP contribution in [0.2, 0.25) is 0 Å². The van der Waals surface area contributed by atoms with E-state index in [0.717, 1.165) is 25.1 Å². The van der Waals surface area contributed by atoms with Crippen molar-refractivity contribution in [2.24, 2.45) is 5.73 Å². The van der Waals surface area contributed by atoms with Crippen molar-refractivity contribution >= 4 is 0 Å². The predicted molar refractivity (Wildman–Crippen MR) is 76.4 cm³/mol. The van der Waals surface area contributed by atoms with E-state index in [1.165, 1.54) is 12.1 Å². The Labute approximate surface area is 115 Å². The Kier molecular flexibility index (Phi) is 4.23. The van der Waals surface area contributed by atoms with Crippen molar-refractivity contribution < 1.29 is 4.39 Å². The second-order valence-electron chi connectivity index (χ2n) is 5.88. The van der Waals surface area contributed by atoms with Crippen LogP contribution in [0.1, 0.15) is 18.9 Å². The van der Waals surface area contributed by atoms with Crippen molar-refractivity contribution in [2.45, 2.75) is 31.5 Å². The molecule has 1 aromatic carbocycles. The smallest absolute Gasteiger partial charge is 0.123 e.